The van der Waals surface area contributed by atoms with E-state index in [1.165, 1.54) is 5.56 Å². The van der Waals surface area contributed by atoms with Crippen LogP contribution in [0.25, 0.3) is 0 Å². The summed E-state index contributed by atoms with van der Waals surface area (Å²) in [7, 11) is 0. The molecule has 0 saturated carbocycles. The van der Waals surface area contributed by atoms with Crippen LogP contribution in [0.5, 0.6) is 0 Å². The highest BCUT2D eigenvalue weighted by molar-refractivity contribution is 5.14. The predicted octanol–water partition coefficient (Wildman–Crippen LogP) is 1.31. The van der Waals surface area contributed by atoms with Gasteiger partial charge in [-0.25, -0.2) is 0 Å². The van der Waals surface area contributed by atoms with Gasteiger partial charge in [-0.15, -0.1) is 0 Å². The lowest BCUT2D eigenvalue weighted by molar-refractivity contribution is 0.288. The van der Waals surface area contributed by atoms with Crippen molar-refractivity contribution in [2.45, 2.75) is 19.8 Å². The molecular weight excluding hydrogens is 138 g/mol. The molecule has 2 nitrogen and oxygen atoms in total. The quantitative estimate of drug-likeness (QED) is 0.706. The van der Waals surface area contributed by atoms with Crippen molar-refractivity contribution >= 4 is 0 Å². The van der Waals surface area contributed by atoms with E-state index in [9.17, 15) is 0 Å². The van der Waals surface area contributed by atoms with E-state index in [0.717, 1.165) is 18.5 Å². The molecule has 1 N–H and O–H groups in total. The van der Waals surface area contributed by atoms with Crippen LogP contribution in [0, 0.1) is 6.92 Å². The molecule has 0 radical (unpaired) electrons. The third-order valence-corrected chi connectivity index (χ3v) is 1.56. The van der Waals surface area contributed by atoms with Crippen LogP contribution >= 0.6 is 0 Å². The van der Waals surface area contributed by atoms with E-state index in [4.69, 9.17) is 5.11 Å². The number of aliphatic hydroxyl groups excluding tert-OH is 1. The zero-order valence-corrected chi connectivity index (χ0v) is 6.75. The Morgan fingerprint density at radius 1 is 1.55 bits per heavy atom. The summed E-state index contributed by atoms with van der Waals surface area (Å²) in [5, 5.41) is 8.57. The smallest absolute Gasteiger partial charge is 0.0434 e. The number of aromatic nitrogens is 1. The molecule has 1 rings (SSSR count). The second kappa shape index (κ2) is 4.09. The fourth-order valence-corrected chi connectivity index (χ4v) is 0.996. The van der Waals surface area contributed by atoms with Crippen LogP contribution in [0.15, 0.2) is 18.3 Å². The molecule has 0 spiro atoms. The van der Waals surface area contributed by atoms with Crippen LogP contribution in [0.2, 0.25) is 0 Å². The summed E-state index contributed by atoms with van der Waals surface area (Å²) in [6, 6.07) is 4.03. The maximum atomic E-state index is 8.57. The summed E-state index contributed by atoms with van der Waals surface area (Å²) in [6.07, 6.45) is 3.48. The van der Waals surface area contributed by atoms with Crippen molar-refractivity contribution in [2.24, 2.45) is 0 Å². The number of rotatable bonds is 3. The van der Waals surface area contributed by atoms with Crippen molar-refractivity contribution in [3.8, 4) is 0 Å². The zero-order valence-electron chi connectivity index (χ0n) is 6.75. The van der Waals surface area contributed by atoms with Gasteiger partial charge in [0, 0.05) is 18.5 Å². The predicted molar refractivity (Wildman–Crippen MR) is 44.4 cm³/mol. The molecule has 0 aliphatic heterocycles. The van der Waals surface area contributed by atoms with Crippen LogP contribution in [0.3, 0.4) is 0 Å². The van der Waals surface area contributed by atoms with Crippen LogP contribution in [-0.4, -0.2) is 16.7 Å². The Kier molecular flexibility index (Phi) is 3.05. The molecule has 1 aromatic heterocycles. The number of nitrogens with zero attached hydrogens (tertiary/aromatic N) is 1. The summed E-state index contributed by atoms with van der Waals surface area (Å²) < 4.78 is 0. The lowest BCUT2D eigenvalue weighted by atomic mass is 10.2. The van der Waals surface area contributed by atoms with Crippen LogP contribution in [-0.2, 0) is 6.42 Å². The van der Waals surface area contributed by atoms with E-state index < -0.39 is 0 Å². The molecule has 0 amide bonds. The summed E-state index contributed by atoms with van der Waals surface area (Å²) in [6.45, 7) is 2.29. The Bertz CT molecular complexity index is 223. The second-order valence-electron chi connectivity index (χ2n) is 2.65. The van der Waals surface area contributed by atoms with E-state index >= 15 is 0 Å². The molecule has 1 heterocycles. The van der Waals surface area contributed by atoms with E-state index in [0.29, 0.717) is 0 Å². The van der Waals surface area contributed by atoms with Crippen molar-refractivity contribution in [1.82, 2.24) is 4.98 Å². The molecule has 0 aliphatic carbocycles. The van der Waals surface area contributed by atoms with Crippen LogP contribution < -0.4 is 0 Å². The number of pyridine rings is 1. The Morgan fingerprint density at radius 2 is 2.36 bits per heavy atom. The fraction of sp³-hybridized carbons (Fsp3) is 0.444. The standard InChI is InChI=1S/C9H13NO/c1-8-4-5-10-9(7-8)3-2-6-11/h4-5,7,11H,2-3,6H2,1H3. The molecule has 0 atom stereocenters. The van der Waals surface area contributed by atoms with Gasteiger partial charge in [0.1, 0.15) is 0 Å². The summed E-state index contributed by atoms with van der Waals surface area (Å²) in [5.74, 6) is 0. The lowest BCUT2D eigenvalue weighted by Crippen LogP contribution is -1.92. The van der Waals surface area contributed by atoms with Crippen LogP contribution in [0.1, 0.15) is 17.7 Å². The van der Waals surface area contributed by atoms with Gasteiger partial charge in [0.2, 0.25) is 0 Å². The molecule has 2 heteroatoms. The molecule has 0 unspecified atom stereocenters. The average molecular weight is 151 g/mol. The maximum absolute atomic E-state index is 8.57. The minimum atomic E-state index is 0.246. The van der Waals surface area contributed by atoms with Gasteiger partial charge in [-0.1, -0.05) is 0 Å². The van der Waals surface area contributed by atoms with E-state index in [-0.39, 0.29) is 6.61 Å². The average Bonchev–Trinajstić information content (AvgIpc) is 2.01. The molecule has 11 heavy (non-hydrogen) atoms. The van der Waals surface area contributed by atoms with E-state index in [2.05, 4.69) is 11.1 Å². The second-order valence-corrected chi connectivity index (χ2v) is 2.65. The molecule has 60 valence electrons. The van der Waals surface area contributed by atoms with Gasteiger partial charge >= 0.3 is 0 Å². The molecule has 0 bridgehead atoms. The van der Waals surface area contributed by atoms with Crippen molar-refractivity contribution < 1.29 is 5.11 Å². The van der Waals surface area contributed by atoms with E-state index in [1.54, 1.807) is 0 Å². The number of hydrogen-bond acceptors (Lipinski definition) is 2. The monoisotopic (exact) mass is 151 g/mol. The van der Waals surface area contributed by atoms with Crippen molar-refractivity contribution in [3.05, 3.63) is 29.6 Å². The third kappa shape index (κ3) is 2.68. The highest BCUT2D eigenvalue weighted by Crippen LogP contribution is 2.01. The SMILES string of the molecule is Cc1ccnc(CCCO)c1. The molecule has 0 fully saturated rings. The number of hydrogen-bond donors (Lipinski definition) is 1. The highest BCUT2D eigenvalue weighted by Gasteiger charge is 1.92. The zero-order chi connectivity index (χ0) is 8.10. The Hall–Kier alpha value is -0.890. The van der Waals surface area contributed by atoms with Gasteiger partial charge in [0.15, 0.2) is 0 Å². The number of aryl methyl sites for hydroxylation is 2. The summed E-state index contributed by atoms with van der Waals surface area (Å²) in [4.78, 5) is 4.17. The molecular formula is C9H13NO. The van der Waals surface area contributed by atoms with Crippen molar-refractivity contribution in [3.63, 3.8) is 0 Å². The Labute approximate surface area is 66.9 Å². The van der Waals surface area contributed by atoms with Gasteiger partial charge in [0.25, 0.3) is 0 Å². The minimum Gasteiger partial charge on any atom is -0.396 e. The first-order chi connectivity index (χ1) is 5.33. The number of aliphatic hydroxyl groups is 1. The van der Waals surface area contributed by atoms with Crippen LogP contribution in [0.4, 0.5) is 0 Å². The Morgan fingerprint density at radius 3 is 3.00 bits per heavy atom. The van der Waals surface area contributed by atoms with Gasteiger partial charge < -0.3 is 5.11 Å². The maximum Gasteiger partial charge on any atom is 0.0434 e. The minimum absolute atomic E-state index is 0.246. The normalized spacial score (nSPS) is 10.0. The van der Waals surface area contributed by atoms with Gasteiger partial charge in [0.05, 0.1) is 0 Å². The summed E-state index contributed by atoms with van der Waals surface area (Å²) in [5.41, 5.74) is 2.30. The topological polar surface area (TPSA) is 33.1 Å². The summed E-state index contributed by atoms with van der Waals surface area (Å²) >= 11 is 0. The molecule has 0 aromatic carbocycles. The largest absolute Gasteiger partial charge is 0.396 e. The van der Waals surface area contributed by atoms with Gasteiger partial charge in [-0.05, 0) is 37.5 Å². The molecule has 1 aromatic rings. The highest BCUT2D eigenvalue weighted by atomic mass is 16.2. The molecule has 0 saturated heterocycles. The molecule has 0 aliphatic rings. The third-order valence-electron chi connectivity index (χ3n) is 1.56. The Balaban J connectivity index is 2.56. The van der Waals surface area contributed by atoms with Gasteiger partial charge in [-0.3, -0.25) is 4.98 Å². The first-order valence-corrected chi connectivity index (χ1v) is 3.85. The van der Waals surface area contributed by atoms with E-state index in [1.807, 2.05) is 19.2 Å². The van der Waals surface area contributed by atoms with Gasteiger partial charge in [-0.2, -0.15) is 0 Å². The first-order valence-electron chi connectivity index (χ1n) is 3.85. The first kappa shape index (κ1) is 8.21. The van der Waals surface area contributed by atoms with Crippen molar-refractivity contribution in [2.75, 3.05) is 6.61 Å². The van der Waals surface area contributed by atoms with Crippen molar-refractivity contribution in [1.29, 1.82) is 0 Å². The fourth-order valence-electron chi connectivity index (χ4n) is 0.996. The lowest BCUT2D eigenvalue weighted by Gasteiger charge is -1.98.